The maximum absolute atomic E-state index is 10.7. The van der Waals surface area contributed by atoms with E-state index in [1.54, 1.807) is 0 Å². The lowest BCUT2D eigenvalue weighted by Crippen LogP contribution is -2.42. The zero-order valence-corrected chi connectivity index (χ0v) is 12.2. The fourth-order valence-electron chi connectivity index (χ4n) is 2.69. The van der Waals surface area contributed by atoms with Crippen molar-refractivity contribution in [2.45, 2.75) is 38.1 Å². The highest BCUT2D eigenvalue weighted by Gasteiger charge is 2.31. The van der Waals surface area contributed by atoms with Crippen LogP contribution in [0.5, 0.6) is 0 Å². The molecule has 1 fully saturated rings. The molecule has 1 rings (SSSR count). The van der Waals surface area contributed by atoms with Gasteiger partial charge in [0.05, 0.1) is 11.5 Å². The summed E-state index contributed by atoms with van der Waals surface area (Å²) in [5.41, 5.74) is 6.03. The van der Waals surface area contributed by atoms with E-state index >= 15 is 0 Å². The molecule has 0 aromatic rings. The minimum atomic E-state index is -3.99. The maximum atomic E-state index is 10.7. The van der Waals surface area contributed by atoms with Crippen LogP contribution in [-0.4, -0.2) is 43.5 Å². The first-order valence-electron chi connectivity index (χ1n) is 6.24. The maximum Gasteiger partial charge on any atom is 0.264 e. The van der Waals surface area contributed by atoms with E-state index in [1.807, 2.05) is 0 Å². The summed E-state index contributed by atoms with van der Waals surface area (Å²) in [6.45, 7) is 0. The molecule has 2 unspecified atom stereocenters. The average molecular weight is 315 g/mol. The van der Waals surface area contributed by atoms with E-state index in [4.69, 9.17) is 14.8 Å². The molecule has 9 heteroatoms. The standard InChI is InChI=1S/C10H21NO6S2/c11-10-8(4-6-18(12,13)14)2-1-3-9(10)5-7-19(15,16)17/h8-10H,1-7,11H2,(H,12,13,14)(H,15,16,17). The molecule has 0 saturated heterocycles. The van der Waals surface area contributed by atoms with Crippen LogP contribution in [0, 0.1) is 11.8 Å². The summed E-state index contributed by atoms with van der Waals surface area (Å²) in [7, 11) is -7.98. The van der Waals surface area contributed by atoms with E-state index in [2.05, 4.69) is 0 Å². The molecule has 0 aromatic heterocycles. The Morgan fingerprint density at radius 3 is 1.58 bits per heavy atom. The van der Waals surface area contributed by atoms with Crippen molar-refractivity contribution < 1.29 is 25.9 Å². The molecule has 1 saturated carbocycles. The van der Waals surface area contributed by atoms with Crippen molar-refractivity contribution in [3.05, 3.63) is 0 Å². The monoisotopic (exact) mass is 315 g/mol. The van der Waals surface area contributed by atoms with Gasteiger partial charge in [0.1, 0.15) is 0 Å². The van der Waals surface area contributed by atoms with Crippen LogP contribution in [0.1, 0.15) is 32.1 Å². The molecule has 0 amide bonds. The van der Waals surface area contributed by atoms with Crippen molar-refractivity contribution in [2.75, 3.05) is 11.5 Å². The molecule has 0 radical (unpaired) electrons. The molecule has 0 spiro atoms. The van der Waals surface area contributed by atoms with Crippen molar-refractivity contribution in [2.24, 2.45) is 17.6 Å². The molecule has 19 heavy (non-hydrogen) atoms. The Balaban J connectivity index is 2.53. The summed E-state index contributed by atoms with van der Waals surface area (Å²) in [5, 5.41) is 0. The Hall–Kier alpha value is -0.220. The lowest BCUT2D eigenvalue weighted by atomic mass is 9.75. The largest absolute Gasteiger partial charge is 0.327 e. The van der Waals surface area contributed by atoms with Gasteiger partial charge in [0.2, 0.25) is 0 Å². The lowest BCUT2D eigenvalue weighted by molar-refractivity contribution is 0.210. The van der Waals surface area contributed by atoms with Gasteiger partial charge in [-0.25, -0.2) is 0 Å². The summed E-state index contributed by atoms with van der Waals surface area (Å²) in [5.74, 6) is -0.726. The molecule has 0 bridgehead atoms. The molecule has 7 nitrogen and oxygen atoms in total. The Morgan fingerprint density at radius 1 is 0.895 bits per heavy atom. The second-order valence-electron chi connectivity index (χ2n) is 5.18. The van der Waals surface area contributed by atoms with Gasteiger partial charge in [-0.05, 0) is 37.5 Å². The summed E-state index contributed by atoms with van der Waals surface area (Å²) in [6, 6.07) is -0.294. The van der Waals surface area contributed by atoms with Crippen molar-refractivity contribution in [1.82, 2.24) is 0 Å². The zero-order valence-electron chi connectivity index (χ0n) is 10.6. The van der Waals surface area contributed by atoms with Crippen molar-refractivity contribution >= 4 is 20.2 Å². The van der Waals surface area contributed by atoms with Crippen molar-refractivity contribution in [3.63, 3.8) is 0 Å². The van der Waals surface area contributed by atoms with Crippen LogP contribution in [0.25, 0.3) is 0 Å². The highest BCUT2D eigenvalue weighted by atomic mass is 32.2. The topological polar surface area (TPSA) is 135 Å². The van der Waals surface area contributed by atoms with Gasteiger partial charge in [0.15, 0.2) is 0 Å². The van der Waals surface area contributed by atoms with Crippen molar-refractivity contribution in [1.29, 1.82) is 0 Å². The predicted molar refractivity (Wildman–Crippen MR) is 70.9 cm³/mol. The van der Waals surface area contributed by atoms with Crippen LogP contribution >= 0.6 is 0 Å². The van der Waals surface area contributed by atoms with E-state index in [-0.39, 0.29) is 42.2 Å². The second-order valence-corrected chi connectivity index (χ2v) is 8.32. The minimum Gasteiger partial charge on any atom is -0.327 e. The van der Waals surface area contributed by atoms with Gasteiger partial charge in [-0.2, -0.15) is 16.8 Å². The molecule has 0 aromatic carbocycles. The van der Waals surface area contributed by atoms with Gasteiger partial charge >= 0.3 is 0 Å². The van der Waals surface area contributed by atoms with Crippen LogP contribution < -0.4 is 5.73 Å². The Bertz CT molecular complexity index is 442. The molecular formula is C10H21NO6S2. The Labute approximate surface area is 114 Å². The number of hydrogen-bond acceptors (Lipinski definition) is 5. The van der Waals surface area contributed by atoms with Crippen molar-refractivity contribution in [3.8, 4) is 0 Å². The van der Waals surface area contributed by atoms with E-state index in [0.29, 0.717) is 0 Å². The molecule has 114 valence electrons. The van der Waals surface area contributed by atoms with Crippen LogP contribution in [0.2, 0.25) is 0 Å². The number of rotatable bonds is 6. The van der Waals surface area contributed by atoms with E-state index in [9.17, 15) is 16.8 Å². The summed E-state index contributed by atoms with van der Waals surface area (Å²) >= 11 is 0. The SMILES string of the molecule is NC1C(CCS(=O)(=O)O)CCCC1CCS(=O)(=O)O. The minimum absolute atomic E-state index is 0.0397. The average Bonchev–Trinajstić information content (AvgIpc) is 2.23. The third-order valence-corrected chi connectivity index (χ3v) is 5.23. The quantitative estimate of drug-likeness (QED) is 0.599. The highest BCUT2D eigenvalue weighted by Crippen LogP contribution is 2.32. The van der Waals surface area contributed by atoms with Crippen LogP contribution in [0.3, 0.4) is 0 Å². The van der Waals surface area contributed by atoms with Crippen LogP contribution in [-0.2, 0) is 20.2 Å². The molecular weight excluding hydrogens is 294 g/mol. The molecule has 1 aliphatic carbocycles. The third-order valence-electron chi connectivity index (χ3n) is 3.73. The van der Waals surface area contributed by atoms with Gasteiger partial charge < -0.3 is 5.73 Å². The first kappa shape index (κ1) is 16.8. The first-order valence-corrected chi connectivity index (χ1v) is 9.46. The van der Waals surface area contributed by atoms with Gasteiger partial charge in [-0.1, -0.05) is 6.42 Å². The van der Waals surface area contributed by atoms with Gasteiger partial charge in [0, 0.05) is 6.04 Å². The fourth-order valence-corrected chi connectivity index (χ4v) is 3.89. The second kappa shape index (κ2) is 6.49. The predicted octanol–water partition coefficient (Wildman–Crippen LogP) is 0.286. The lowest BCUT2D eigenvalue weighted by Gasteiger charge is -2.35. The fraction of sp³-hybridized carbons (Fsp3) is 1.00. The van der Waals surface area contributed by atoms with E-state index in [1.165, 1.54) is 0 Å². The third kappa shape index (κ3) is 6.66. The Morgan fingerprint density at radius 2 is 1.26 bits per heavy atom. The molecule has 2 atom stereocenters. The molecule has 4 N–H and O–H groups in total. The number of hydrogen-bond donors (Lipinski definition) is 3. The van der Waals surface area contributed by atoms with Gasteiger partial charge in [0.25, 0.3) is 20.2 Å². The molecule has 0 aliphatic heterocycles. The first-order chi connectivity index (χ1) is 8.58. The summed E-state index contributed by atoms with van der Waals surface area (Å²) in [6.07, 6.45) is 2.96. The van der Waals surface area contributed by atoms with Crippen LogP contribution in [0.15, 0.2) is 0 Å². The summed E-state index contributed by atoms with van der Waals surface area (Å²) < 4.78 is 60.3. The Kier molecular flexibility index (Phi) is 5.75. The highest BCUT2D eigenvalue weighted by molar-refractivity contribution is 7.86. The zero-order chi connectivity index (χ0) is 14.7. The molecule has 0 heterocycles. The molecule has 1 aliphatic rings. The van der Waals surface area contributed by atoms with Gasteiger partial charge in [-0.15, -0.1) is 0 Å². The summed E-state index contributed by atoms with van der Waals surface area (Å²) in [4.78, 5) is 0. The van der Waals surface area contributed by atoms with Gasteiger partial charge in [-0.3, -0.25) is 9.11 Å². The smallest absolute Gasteiger partial charge is 0.264 e. The normalized spacial score (nSPS) is 29.3. The van der Waals surface area contributed by atoms with E-state index in [0.717, 1.165) is 19.3 Å². The van der Waals surface area contributed by atoms with E-state index < -0.39 is 20.2 Å². The van der Waals surface area contributed by atoms with Crippen LogP contribution in [0.4, 0.5) is 0 Å². The number of nitrogens with two attached hydrogens (primary N) is 1.